The molecule has 10 nitrogen and oxygen atoms in total. The summed E-state index contributed by atoms with van der Waals surface area (Å²) in [5.74, 6) is 1.11. The lowest BCUT2D eigenvalue weighted by Crippen LogP contribution is -2.22. The Morgan fingerprint density at radius 3 is 1.54 bits per heavy atom. The van der Waals surface area contributed by atoms with Crippen molar-refractivity contribution in [2.45, 2.75) is 75.1 Å². The zero-order chi connectivity index (χ0) is 34.1. The van der Waals surface area contributed by atoms with E-state index in [2.05, 4.69) is 91.3 Å². The number of hydrogen-bond donors (Lipinski definition) is 0. The Hall–Kier alpha value is -1.67. The molecule has 0 atom stereocenters. The Morgan fingerprint density at radius 2 is 1.13 bits per heavy atom. The van der Waals surface area contributed by atoms with Crippen molar-refractivity contribution in [3.8, 4) is 22.8 Å². The van der Waals surface area contributed by atoms with Crippen molar-refractivity contribution >= 4 is 69.6 Å². The molecule has 0 amide bonds. The van der Waals surface area contributed by atoms with Crippen molar-refractivity contribution in [1.29, 1.82) is 0 Å². The van der Waals surface area contributed by atoms with Crippen molar-refractivity contribution in [2.24, 2.45) is 0 Å². The highest BCUT2D eigenvalue weighted by Crippen LogP contribution is 2.23. The number of halogens is 2. The van der Waals surface area contributed by atoms with E-state index in [1.54, 1.807) is 11.8 Å². The molecule has 16 heteroatoms. The molecule has 0 spiro atoms. The van der Waals surface area contributed by atoms with Crippen LogP contribution in [0.2, 0.25) is 51.4 Å². The molecule has 0 saturated carbocycles. The summed E-state index contributed by atoms with van der Waals surface area (Å²) in [5, 5.41) is 9.68. The van der Waals surface area contributed by atoms with Crippen LogP contribution in [-0.2, 0) is 32.8 Å². The number of thioether (sulfide) groups is 1. The van der Waals surface area contributed by atoms with Crippen LogP contribution in [0.15, 0.2) is 67.8 Å². The van der Waals surface area contributed by atoms with Gasteiger partial charge in [-0.25, -0.2) is 22.8 Å². The SMILES string of the molecule is CSc1nc(-c2ccc(Br)cc2)nn1COCC[Si](C)(C)C.C[Si](C)(C)CCOCn1nc(-c2ccc(Br)cc2)nc1S(C)(=O)=O. The molecule has 0 saturated heterocycles. The molecule has 2 aromatic heterocycles. The van der Waals surface area contributed by atoms with E-state index in [1.807, 2.05) is 59.5 Å². The van der Waals surface area contributed by atoms with E-state index in [0.29, 0.717) is 19.2 Å². The van der Waals surface area contributed by atoms with Crippen molar-refractivity contribution in [3.63, 3.8) is 0 Å². The first kappa shape index (κ1) is 38.8. The van der Waals surface area contributed by atoms with Crippen molar-refractivity contribution < 1.29 is 17.9 Å². The second-order valence-electron chi connectivity index (χ2n) is 13.1. The smallest absolute Gasteiger partial charge is 0.248 e. The predicted molar refractivity (Wildman–Crippen MR) is 199 cm³/mol. The number of aromatic nitrogens is 6. The Labute approximate surface area is 296 Å². The first-order valence-corrected chi connectivity index (χ1v) is 26.9. The molecular weight excluding hydrogens is 788 g/mol. The van der Waals surface area contributed by atoms with E-state index >= 15 is 0 Å². The summed E-state index contributed by atoms with van der Waals surface area (Å²) in [6.07, 6.45) is 3.13. The Balaban J connectivity index is 0.000000251. The number of benzene rings is 2. The minimum Gasteiger partial charge on any atom is -0.359 e. The van der Waals surface area contributed by atoms with Crippen LogP contribution in [0.4, 0.5) is 0 Å². The fourth-order valence-electron chi connectivity index (χ4n) is 3.75. The van der Waals surface area contributed by atoms with Gasteiger partial charge in [0.05, 0.1) is 0 Å². The third-order valence-electron chi connectivity index (χ3n) is 6.41. The summed E-state index contributed by atoms with van der Waals surface area (Å²) in [6.45, 7) is 15.8. The molecule has 0 aliphatic carbocycles. The molecule has 0 fully saturated rings. The van der Waals surface area contributed by atoms with Gasteiger partial charge in [0.1, 0.15) is 13.5 Å². The number of nitrogens with zero attached hydrogens (tertiary/aromatic N) is 6. The van der Waals surface area contributed by atoms with Gasteiger partial charge in [-0.2, -0.15) is 4.98 Å². The summed E-state index contributed by atoms with van der Waals surface area (Å²) in [7, 11) is -5.73. The average molecular weight is 833 g/mol. The lowest BCUT2D eigenvalue weighted by Gasteiger charge is -2.15. The molecule has 2 aromatic carbocycles. The highest BCUT2D eigenvalue weighted by atomic mass is 79.9. The van der Waals surface area contributed by atoms with E-state index in [-0.39, 0.29) is 11.9 Å². The monoisotopic (exact) mass is 830 g/mol. The van der Waals surface area contributed by atoms with Crippen molar-refractivity contribution in [2.75, 3.05) is 25.7 Å². The molecule has 4 rings (SSSR count). The molecule has 0 aliphatic rings. The molecule has 4 aromatic rings. The minimum absolute atomic E-state index is 0.0755. The maximum atomic E-state index is 12.0. The Kier molecular flexibility index (Phi) is 14.4. The topological polar surface area (TPSA) is 114 Å². The fraction of sp³-hybridized carbons (Fsp3) is 0.467. The van der Waals surface area contributed by atoms with Gasteiger partial charge < -0.3 is 9.47 Å². The van der Waals surface area contributed by atoms with Gasteiger partial charge in [-0.1, -0.05) is 107 Å². The van der Waals surface area contributed by atoms with Gasteiger partial charge >= 0.3 is 0 Å². The second-order valence-corrected chi connectivity index (χ2v) is 28.9. The summed E-state index contributed by atoms with van der Waals surface area (Å²) in [6, 6.07) is 17.6. The first-order valence-electron chi connectivity index (χ1n) is 14.8. The van der Waals surface area contributed by atoms with E-state index in [4.69, 9.17) is 9.47 Å². The third-order valence-corrected chi connectivity index (χ3v) is 12.5. The van der Waals surface area contributed by atoms with Crippen LogP contribution in [-0.4, -0.2) is 79.8 Å². The lowest BCUT2D eigenvalue weighted by atomic mass is 10.2. The van der Waals surface area contributed by atoms with E-state index in [1.165, 1.54) is 4.68 Å². The van der Waals surface area contributed by atoms with Crippen LogP contribution in [0.3, 0.4) is 0 Å². The molecule has 2 heterocycles. The van der Waals surface area contributed by atoms with Crippen LogP contribution < -0.4 is 0 Å². The molecule has 0 N–H and O–H groups in total. The average Bonchev–Trinajstić information content (AvgIpc) is 3.58. The van der Waals surface area contributed by atoms with E-state index in [0.717, 1.165) is 56.0 Å². The van der Waals surface area contributed by atoms with Crippen LogP contribution in [0.25, 0.3) is 22.8 Å². The molecule has 0 unspecified atom stereocenters. The maximum Gasteiger partial charge on any atom is 0.248 e. The van der Waals surface area contributed by atoms with Crippen molar-refractivity contribution in [3.05, 3.63) is 57.5 Å². The van der Waals surface area contributed by atoms with Crippen LogP contribution in [0.1, 0.15) is 0 Å². The van der Waals surface area contributed by atoms with Gasteiger partial charge in [-0.05, 0) is 42.6 Å². The first-order chi connectivity index (χ1) is 21.4. The van der Waals surface area contributed by atoms with Crippen molar-refractivity contribution in [1.82, 2.24) is 29.5 Å². The van der Waals surface area contributed by atoms with Crippen LogP contribution in [0, 0.1) is 0 Å². The standard InChI is InChI=1S/C15H22BrN3O3SSi.C15H22BrN3OSSi/c1-23(20,21)15-17-14(12-5-7-13(16)8-6-12)18-19(15)11-22-9-10-24(2,3)4;1-21-15-17-14(12-5-7-13(16)8-6-12)18-19(15)11-20-9-10-22(2,3)4/h5-8H,9-11H2,1-4H3;5-8H,9-11H2,1-4H3. The largest absolute Gasteiger partial charge is 0.359 e. The maximum absolute atomic E-state index is 12.0. The Bertz CT molecular complexity index is 1650. The fourth-order valence-corrected chi connectivity index (χ4v) is 7.00. The Morgan fingerprint density at radius 1 is 0.717 bits per heavy atom. The number of ether oxygens (including phenoxy) is 2. The summed E-state index contributed by atoms with van der Waals surface area (Å²) >= 11 is 8.40. The molecule has 0 radical (unpaired) electrons. The summed E-state index contributed by atoms with van der Waals surface area (Å²) < 4.78 is 40.5. The highest BCUT2D eigenvalue weighted by molar-refractivity contribution is 9.10. The van der Waals surface area contributed by atoms with Gasteiger partial charge in [-0.15, -0.1) is 10.2 Å². The summed E-state index contributed by atoms with van der Waals surface area (Å²) in [5.41, 5.74) is 1.77. The van der Waals surface area contributed by atoms with Gasteiger partial charge in [-0.3, -0.25) is 0 Å². The molecule has 0 aliphatic heterocycles. The van der Waals surface area contributed by atoms with Gasteiger partial charge in [0.15, 0.2) is 16.8 Å². The number of sulfone groups is 1. The number of rotatable bonds is 14. The quantitative estimate of drug-likeness (QED) is 0.0706. The minimum atomic E-state index is -3.49. The predicted octanol–water partition coefficient (Wildman–Crippen LogP) is 8.17. The van der Waals surface area contributed by atoms with E-state index < -0.39 is 26.0 Å². The normalized spacial score (nSPS) is 12.2. The zero-order valence-corrected chi connectivity index (χ0v) is 34.6. The molecular formula is C30H44Br2N6O4S2Si2. The molecule has 252 valence electrons. The summed E-state index contributed by atoms with van der Waals surface area (Å²) in [4.78, 5) is 8.77. The second kappa shape index (κ2) is 17.1. The van der Waals surface area contributed by atoms with Gasteiger partial charge in [0, 0.05) is 55.7 Å². The van der Waals surface area contributed by atoms with Crippen LogP contribution >= 0.6 is 43.6 Å². The third kappa shape index (κ3) is 13.1. The highest BCUT2D eigenvalue weighted by Gasteiger charge is 2.21. The molecule has 46 heavy (non-hydrogen) atoms. The zero-order valence-electron chi connectivity index (χ0n) is 27.8. The van der Waals surface area contributed by atoms with Gasteiger partial charge in [0.2, 0.25) is 15.0 Å². The van der Waals surface area contributed by atoms with E-state index in [9.17, 15) is 8.42 Å². The molecule has 0 bridgehead atoms. The lowest BCUT2D eigenvalue weighted by molar-refractivity contribution is 0.0715. The van der Waals surface area contributed by atoms with Gasteiger partial charge in [0.25, 0.3) is 0 Å². The van der Waals surface area contributed by atoms with Crippen LogP contribution in [0.5, 0.6) is 0 Å². The number of hydrogen-bond acceptors (Lipinski definition) is 9.